The van der Waals surface area contributed by atoms with Crippen LogP contribution in [0.3, 0.4) is 0 Å². The van der Waals surface area contributed by atoms with Crippen LogP contribution < -0.4 is 10.2 Å². The minimum Gasteiger partial charge on any atom is -0.494 e. The summed E-state index contributed by atoms with van der Waals surface area (Å²) < 4.78 is 61.8. The summed E-state index contributed by atoms with van der Waals surface area (Å²) in [6.07, 6.45) is 2.45. The van der Waals surface area contributed by atoms with E-state index in [1.54, 1.807) is 0 Å². The van der Waals surface area contributed by atoms with Crippen molar-refractivity contribution >= 4 is 12.4 Å². The van der Waals surface area contributed by atoms with Crippen LogP contribution >= 0.6 is 0 Å². The van der Waals surface area contributed by atoms with E-state index in [1.807, 2.05) is 0 Å². The first-order chi connectivity index (χ1) is 8.97. The van der Waals surface area contributed by atoms with Crippen LogP contribution in [-0.2, 0) is 4.74 Å². The molecular formula is C12H14BF4O2-. The maximum absolute atomic E-state index is 13.0. The fourth-order valence-corrected chi connectivity index (χ4v) is 2.03. The van der Waals surface area contributed by atoms with Gasteiger partial charge >= 0.3 is 6.98 Å². The zero-order valence-corrected chi connectivity index (χ0v) is 10.3. The molecule has 0 aromatic heterocycles. The highest BCUT2D eigenvalue weighted by molar-refractivity contribution is 6.74. The van der Waals surface area contributed by atoms with Crippen molar-refractivity contribution < 1.29 is 26.8 Å². The Morgan fingerprint density at radius 1 is 1.26 bits per heavy atom. The first-order valence-corrected chi connectivity index (χ1v) is 6.20. The summed E-state index contributed by atoms with van der Waals surface area (Å²) in [6, 6.07) is 2.27. The molecule has 1 fully saturated rings. The van der Waals surface area contributed by atoms with Gasteiger partial charge in [-0.1, -0.05) is 11.5 Å². The van der Waals surface area contributed by atoms with Gasteiger partial charge < -0.3 is 22.4 Å². The second-order valence-corrected chi connectivity index (χ2v) is 4.56. The van der Waals surface area contributed by atoms with Gasteiger partial charge in [-0.05, 0) is 25.3 Å². The van der Waals surface area contributed by atoms with E-state index in [9.17, 15) is 17.3 Å². The van der Waals surface area contributed by atoms with Gasteiger partial charge in [-0.15, -0.1) is 0 Å². The van der Waals surface area contributed by atoms with Crippen LogP contribution in [0.4, 0.5) is 17.3 Å². The SMILES string of the molecule is Fc1ccc([B-](F)(F)F)c(OCC2CCCCO2)c1. The summed E-state index contributed by atoms with van der Waals surface area (Å²) in [5.41, 5.74) is -0.905. The van der Waals surface area contributed by atoms with Gasteiger partial charge in [0.15, 0.2) is 0 Å². The van der Waals surface area contributed by atoms with E-state index in [4.69, 9.17) is 9.47 Å². The molecule has 0 spiro atoms. The van der Waals surface area contributed by atoms with Crippen LogP contribution in [0, 0.1) is 5.82 Å². The molecule has 0 amide bonds. The van der Waals surface area contributed by atoms with Crippen molar-refractivity contribution in [2.75, 3.05) is 13.2 Å². The maximum atomic E-state index is 13.0. The summed E-state index contributed by atoms with van der Waals surface area (Å²) in [4.78, 5) is 0. The lowest BCUT2D eigenvalue weighted by atomic mass is 9.79. The van der Waals surface area contributed by atoms with Gasteiger partial charge in [-0.25, -0.2) is 4.39 Å². The third-order valence-corrected chi connectivity index (χ3v) is 3.03. The molecule has 7 heteroatoms. The Morgan fingerprint density at radius 2 is 2.05 bits per heavy atom. The zero-order chi connectivity index (χ0) is 13.9. The molecule has 1 heterocycles. The molecule has 1 unspecified atom stereocenters. The quantitative estimate of drug-likeness (QED) is 0.622. The highest BCUT2D eigenvalue weighted by atomic mass is 19.4. The number of hydrogen-bond donors (Lipinski definition) is 0. The molecule has 0 radical (unpaired) electrons. The van der Waals surface area contributed by atoms with Crippen LogP contribution in [0.1, 0.15) is 19.3 Å². The van der Waals surface area contributed by atoms with Gasteiger partial charge in [0, 0.05) is 12.7 Å². The summed E-state index contributed by atoms with van der Waals surface area (Å²) in [5, 5.41) is 0. The van der Waals surface area contributed by atoms with Crippen molar-refractivity contribution in [3.8, 4) is 5.75 Å². The van der Waals surface area contributed by atoms with Crippen molar-refractivity contribution in [2.24, 2.45) is 0 Å². The third kappa shape index (κ3) is 3.86. The van der Waals surface area contributed by atoms with Crippen molar-refractivity contribution in [2.45, 2.75) is 25.4 Å². The molecule has 2 rings (SSSR count). The monoisotopic (exact) mass is 277 g/mol. The van der Waals surface area contributed by atoms with E-state index in [0.29, 0.717) is 12.7 Å². The Kier molecular flexibility index (Phi) is 4.34. The molecule has 0 aliphatic carbocycles. The molecule has 1 saturated heterocycles. The third-order valence-electron chi connectivity index (χ3n) is 3.03. The topological polar surface area (TPSA) is 18.5 Å². The molecule has 106 valence electrons. The molecule has 0 saturated carbocycles. The number of benzene rings is 1. The zero-order valence-electron chi connectivity index (χ0n) is 10.3. The highest BCUT2D eigenvalue weighted by Crippen LogP contribution is 2.20. The Bertz CT molecular complexity index is 430. The van der Waals surface area contributed by atoms with Gasteiger partial charge in [0.05, 0.1) is 11.9 Å². The van der Waals surface area contributed by atoms with Crippen LogP contribution in [0.15, 0.2) is 18.2 Å². The van der Waals surface area contributed by atoms with Crippen molar-refractivity contribution in [1.29, 1.82) is 0 Å². The van der Waals surface area contributed by atoms with Gasteiger partial charge in [-0.2, -0.15) is 0 Å². The van der Waals surface area contributed by atoms with E-state index < -0.39 is 24.0 Å². The molecule has 19 heavy (non-hydrogen) atoms. The summed E-state index contributed by atoms with van der Waals surface area (Å²) in [7, 11) is 0. The van der Waals surface area contributed by atoms with Gasteiger partial charge in [-0.3, -0.25) is 0 Å². The number of rotatable bonds is 4. The second kappa shape index (κ2) is 5.82. The fraction of sp³-hybridized carbons (Fsp3) is 0.500. The molecule has 1 aliphatic heterocycles. The average molecular weight is 277 g/mol. The maximum Gasteiger partial charge on any atom is 0.513 e. The minimum atomic E-state index is -5.22. The smallest absolute Gasteiger partial charge is 0.494 e. The molecule has 1 aliphatic rings. The lowest BCUT2D eigenvalue weighted by molar-refractivity contribution is -0.0109. The van der Waals surface area contributed by atoms with Crippen LogP contribution in [0.5, 0.6) is 5.75 Å². The summed E-state index contributed by atoms with van der Waals surface area (Å²) in [6.45, 7) is -4.61. The van der Waals surface area contributed by atoms with Gasteiger partial charge in [0.1, 0.15) is 12.4 Å². The Balaban J connectivity index is 2.07. The number of ether oxygens (including phenoxy) is 2. The molecular weight excluding hydrogens is 263 g/mol. The number of hydrogen-bond acceptors (Lipinski definition) is 2. The Morgan fingerprint density at radius 3 is 2.68 bits per heavy atom. The molecule has 0 N–H and O–H groups in total. The molecule has 2 nitrogen and oxygen atoms in total. The van der Waals surface area contributed by atoms with Gasteiger partial charge in [0.2, 0.25) is 0 Å². The summed E-state index contributed by atoms with van der Waals surface area (Å²) in [5.74, 6) is -1.20. The van der Waals surface area contributed by atoms with Crippen molar-refractivity contribution in [1.82, 2.24) is 0 Å². The van der Waals surface area contributed by atoms with Crippen LogP contribution in [-0.4, -0.2) is 26.3 Å². The lowest BCUT2D eigenvalue weighted by Gasteiger charge is -2.25. The van der Waals surface area contributed by atoms with Crippen LogP contribution in [0.2, 0.25) is 0 Å². The van der Waals surface area contributed by atoms with Crippen LogP contribution in [0.25, 0.3) is 0 Å². The largest absolute Gasteiger partial charge is 0.513 e. The van der Waals surface area contributed by atoms with E-state index in [2.05, 4.69) is 0 Å². The van der Waals surface area contributed by atoms with E-state index >= 15 is 0 Å². The first-order valence-electron chi connectivity index (χ1n) is 6.20. The average Bonchev–Trinajstić information content (AvgIpc) is 2.36. The standard InChI is InChI=1S/C12H14BF4O2/c14-9-4-5-11(13(15,16)17)12(7-9)19-8-10-3-1-2-6-18-10/h4-5,7,10H,1-3,6,8H2/q-1. The fourth-order valence-electron chi connectivity index (χ4n) is 2.03. The van der Waals surface area contributed by atoms with E-state index in [-0.39, 0.29) is 12.7 Å². The molecule has 1 atom stereocenters. The number of halogens is 4. The molecule has 0 bridgehead atoms. The Hall–Kier alpha value is -1.24. The van der Waals surface area contributed by atoms with E-state index in [1.165, 1.54) is 0 Å². The summed E-state index contributed by atoms with van der Waals surface area (Å²) >= 11 is 0. The van der Waals surface area contributed by atoms with Crippen molar-refractivity contribution in [3.05, 3.63) is 24.0 Å². The normalized spacial score (nSPS) is 20.3. The minimum absolute atomic E-state index is 0.0165. The van der Waals surface area contributed by atoms with Gasteiger partial charge in [0.25, 0.3) is 0 Å². The first kappa shape index (κ1) is 14.2. The predicted molar refractivity (Wildman–Crippen MR) is 64.2 cm³/mol. The Labute approximate surface area is 108 Å². The molecule has 1 aromatic rings. The second-order valence-electron chi connectivity index (χ2n) is 4.56. The van der Waals surface area contributed by atoms with Crippen molar-refractivity contribution in [3.63, 3.8) is 0 Å². The lowest BCUT2D eigenvalue weighted by Crippen LogP contribution is -2.36. The highest BCUT2D eigenvalue weighted by Gasteiger charge is 2.30. The van der Waals surface area contributed by atoms with E-state index in [0.717, 1.165) is 31.4 Å². The predicted octanol–water partition coefficient (Wildman–Crippen LogP) is 2.83. The molecule has 1 aromatic carbocycles.